The molecule has 0 radical (unpaired) electrons. The molecule has 0 aliphatic carbocycles. The number of nitrogens with zero attached hydrogens (tertiary/aromatic N) is 1. The summed E-state index contributed by atoms with van der Waals surface area (Å²) in [5.41, 5.74) is 6.88. The van der Waals surface area contributed by atoms with Crippen LogP contribution in [0.25, 0.3) is 11.0 Å². The van der Waals surface area contributed by atoms with Crippen LogP contribution in [0.3, 0.4) is 0 Å². The van der Waals surface area contributed by atoms with Gasteiger partial charge in [-0.2, -0.15) is 0 Å². The van der Waals surface area contributed by atoms with Crippen molar-refractivity contribution in [1.29, 1.82) is 0 Å². The van der Waals surface area contributed by atoms with Crippen LogP contribution in [-0.4, -0.2) is 32.0 Å². The fourth-order valence-corrected chi connectivity index (χ4v) is 3.09. The maximum atomic E-state index is 12.7. The van der Waals surface area contributed by atoms with Gasteiger partial charge in [0.2, 0.25) is 11.8 Å². The number of nitrogens with one attached hydrogen (secondary N) is 1. The first-order valence-electron chi connectivity index (χ1n) is 9.41. The molecule has 3 rings (SSSR count). The predicted molar refractivity (Wildman–Crippen MR) is 112 cm³/mol. The lowest BCUT2D eigenvalue weighted by atomic mass is 10.2. The van der Waals surface area contributed by atoms with Gasteiger partial charge in [-0.3, -0.25) is 9.59 Å². The molecule has 0 saturated heterocycles. The lowest BCUT2D eigenvalue weighted by Crippen LogP contribution is -2.39. The Balaban J connectivity index is 1.68. The molecule has 29 heavy (non-hydrogen) atoms. The minimum absolute atomic E-state index is 0.0875. The van der Waals surface area contributed by atoms with E-state index in [1.165, 1.54) is 0 Å². The van der Waals surface area contributed by atoms with E-state index in [0.717, 1.165) is 16.7 Å². The number of rotatable bonds is 9. The summed E-state index contributed by atoms with van der Waals surface area (Å²) in [6.07, 6.45) is 0.151. The lowest BCUT2D eigenvalue weighted by Gasteiger charge is -2.24. The van der Waals surface area contributed by atoms with Crippen molar-refractivity contribution in [2.75, 3.05) is 25.1 Å². The van der Waals surface area contributed by atoms with Gasteiger partial charge in [0.05, 0.1) is 19.7 Å². The van der Waals surface area contributed by atoms with Crippen molar-refractivity contribution >= 4 is 28.5 Å². The molecule has 2 aromatic carbocycles. The molecule has 3 aromatic rings. The Hall–Kier alpha value is -3.48. The Morgan fingerprint density at radius 2 is 1.90 bits per heavy atom. The summed E-state index contributed by atoms with van der Waals surface area (Å²) in [5.74, 6) is 0.803. The predicted octanol–water partition coefficient (Wildman–Crippen LogP) is 3.00. The second-order valence-corrected chi connectivity index (χ2v) is 6.81. The highest BCUT2D eigenvalue weighted by molar-refractivity contribution is 5.83. The summed E-state index contributed by atoms with van der Waals surface area (Å²) in [6, 6.07) is 16.6. The average molecular weight is 395 g/mol. The van der Waals surface area contributed by atoms with Crippen LogP contribution in [-0.2, 0) is 9.59 Å². The van der Waals surface area contributed by atoms with Crippen LogP contribution in [0, 0.1) is 0 Å². The standard InChI is InChI=1S/C22H25N3O4/c1-15(20-13-16-5-3-4-6-19(16)29-20)24-22(27)14-25(12-11-21(23)26)17-7-9-18(28-2)10-8-17/h3-10,13,15H,11-12,14H2,1-2H3,(H2,23,26)(H,24,27). The molecule has 7 heteroatoms. The molecule has 0 spiro atoms. The first kappa shape index (κ1) is 20.3. The van der Waals surface area contributed by atoms with E-state index in [9.17, 15) is 9.59 Å². The zero-order chi connectivity index (χ0) is 20.8. The minimum atomic E-state index is -0.417. The third kappa shape index (κ3) is 5.28. The van der Waals surface area contributed by atoms with Crippen LogP contribution in [0.1, 0.15) is 25.1 Å². The van der Waals surface area contributed by atoms with E-state index in [2.05, 4.69) is 5.32 Å². The second kappa shape index (κ2) is 9.14. The van der Waals surface area contributed by atoms with Gasteiger partial charge in [0.1, 0.15) is 17.1 Å². The van der Waals surface area contributed by atoms with Gasteiger partial charge in [0, 0.05) is 24.0 Å². The van der Waals surface area contributed by atoms with Gasteiger partial charge in [-0.15, -0.1) is 0 Å². The topological polar surface area (TPSA) is 97.8 Å². The molecule has 1 unspecified atom stereocenters. The number of carbonyl (C=O) groups is 2. The number of hydrogen-bond donors (Lipinski definition) is 2. The Morgan fingerprint density at radius 3 is 2.55 bits per heavy atom. The van der Waals surface area contributed by atoms with Gasteiger partial charge in [0.15, 0.2) is 0 Å². The van der Waals surface area contributed by atoms with Crippen molar-refractivity contribution in [3.05, 3.63) is 60.4 Å². The second-order valence-electron chi connectivity index (χ2n) is 6.81. The van der Waals surface area contributed by atoms with E-state index >= 15 is 0 Å². The molecule has 0 bridgehead atoms. The zero-order valence-electron chi connectivity index (χ0n) is 16.6. The average Bonchev–Trinajstić information content (AvgIpc) is 3.15. The Labute approximate surface area is 169 Å². The number of carbonyl (C=O) groups excluding carboxylic acids is 2. The first-order valence-corrected chi connectivity index (χ1v) is 9.41. The number of hydrogen-bond acceptors (Lipinski definition) is 5. The number of methoxy groups -OCH3 is 1. The smallest absolute Gasteiger partial charge is 0.240 e. The fraction of sp³-hybridized carbons (Fsp3) is 0.273. The van der Waals surface area contributed by atoms with E-state index in [-0.39, 0.29) is 24.9 Å². The van der Waals surface area contributed by atoms with Crippen LogP contribution in [0.15, 0.2) is 59.0 Å². The van der Waals surface area contributed by atoms with E-state index in [0.29, 0.717) is 18.1 Å². The number of anilines is 1. The number of benzene rings is 2. The van der Waals surface area contributed by atoms with Gasteiger partial charge >= 0.3 is 0 Å². The van der Waals surface area contributed by atoms with Crippen molar-refractivity contribution in [3.8, 4) is 5.75 Å². The van der Waals surface area contributed by atoms with Crippen molar-refractivity contribution in [3.63, 3.8) is 0 Å². The number of primary amides is 1. The summed E-state index contributed by atoms with van der Waals surface area (Å²) < 4.78 is 11.0. The molecule has 1 aromatic heterocycles. The summed E-state index contributed by atoms with van der Waals surface area (Å²) in [6.45, 7) is 2.30. The molecule has 1 heterocycles. The zero-order valence-corrected chi connectivity index (χ0v) is 16.6. The van der Waals surface area contributed by atoms with E-state index in [1.54, 1.807) is 7.11 Å². The molecular weight excluding hydrogens is 370 g/mol. The number of para-hydroxylation sites is 1. The Bertz CT molecular complexity index is 948. The van der Waals surface area contributed by atoms with Gasteiger partial charge in [-0.25, -0.2) is 0 Å². The highest BCUT2D eigenvalue weighted by Gasteiger charge is 2.17. The SMILES string of the molecule is COc1ccc(N(CCC(N)=O)CC(=O)NC(C)c2cc3ccccc3o2)cc1. The van der Waals surface area contributed by atoms with E-state index in [4.69, 9.17) is 14.9 Å². The van der Waals surface area contributed by atoms with Gasteiger partial charge in [-0.05, 0) is 43.3 Å². The number of amides is 2. The van der Waals surface area contributed by atoms with E-state index < -0.39 is 5.91 Å². The number of fused-ring (bicyclic) bond motifs is 1. The monoisotopic (exact) mass is 395 g/mol. The quantitative estimate of drug-likeness (QED) is 0.580. The van der Waals surface area contributed by atoms with Gasteiger partial charge in [0.25, 0.3) is 0 Å². The van der Waals surface area contributed by atoms with Crippen LogP contribution in [0.5, 0.6) is 5.75 Å². The molecule has 0 fully saturated rings. The fourth-order valence-electron chi connectivity index (χ4n) is 3.09. The molecule has 7 nitrogen and oxygen atoms in total. The Morgan fingerprint density at radius 1 is 1.17 bits per heavy atom. The largest absolute Gasteiger partial charge is 0.497 e. The van der Waals surface area contributed by atoms with Crippen LogP contribution < -0.4 is 20.7 Å². The van der Waals surface area contributed by atoms with Crippen LogP contribution >= 0.6 is 0 Å². The minimum Gasteiger partial charge on any atom is -0.497 e. The number of furan rings is 1. The van der Waals surface area contributed by atoms with Gasteiger partial charge < -0.3 is 25.1 Å². The highest BCUT2D eigenvalue weighted by Crippen LogP contribution is 2.24. The first-order chi connectivity index (χ1) is 14.0. The summed E-state index contributed by atoms with van der Waals surface area (Å²) in [7, 11) is 1.59. The normalized spacial score (nSPS) is 11.8. The van der Waals surface area contributed by atoms with Crippen molar-refractivity contribution in [2.45, 2.75) is 19.4 Å². The summed E-state index contributed by atoms with van der Waals surface area (Å²) in [5, 5.41) is 3.94. The third-order valence-electron chi connectivity index (χ3n) is 4.65. The molecule has 3 N–H and O–H groups in total. The molecule has 1 atom stereocenters. The van der Waals surface area contributed by atoms with Crippen molar-refractivity contribution in [2.24, 2.45) is 5.73 Å². The van der Waals surface area contributed by atoms with Crippen LogP contribution in [0.4, 0.5) is 5.69 Å². The molecule has 0 aliphatic heterocycles. The third-order valence-corrected chi connectivity index (χ3v) is 4.65. The maximum Gasteiger partial charge on any atom is 0.240 e. The lowest BCUT2D eigenvalue weighted by molar-refractivity contribution is -0.121. The maximum absolute atomic E-state index is 12.7. The van der Waals surface area contributed by atoms with Crippen molar-refractivity contribution in [1.82, 2.24) is 5.32 Å². The molecule has 0 aliphatic rings. The van der Waals surface area contributed by atoms with Gasteiger partial charge in [-0.1, -0.05) is 18.2 Å². The molecular formula is C22H25N3O4. The van der Waals surface area contributed by atoms with Crippen LogP contribution in [0.2, 0.25) is 0 Å². The summed E-state index contributed by atoms with van der Waals surface area (Å²) >= 11 is 0. The highest BCUT2D eigenvalue weighted by atomic mass is 16.5. The number of nitrogens with two attached hydrogens (primary N) is 1. The van der Waals surface area contributed by atoms with Crippen molar-refractivity contribution < 1.29 is 18.7 Å². The number of ether oxygens (including phenoxy) is 1. The van der Waals surface area contributed by atoms with E-state index in [1.807, 2.05) is 66.4 Å². The molecule has 0 saturated carbocycles. The molecule has 152 valence electrons. The summed E-state index contributed by atoms with van der Waals surface area (Å²) in [4.78, 5) is 25.7. The Kier molecular flexibility index (Phi) is 6.39. The molecule has 2 amide bonds.